The average molecular weight is 494 g/mol. The molecule has 37 heavy (non-hydrogen) atoms. The van der Waals surface area contributed by atoms with Crippen molar-refractivity contribution in [3.05, 3.63) is 78.5 Å². The predicted octanol–water partition coefficient (Wildman–Crippen LogP) is 5.04. The molecule has 1 saturated heterocycles. The number of anilines is 1. The van der Waals surface area contributed by atoms with Gasteiger partial charge >= 0.3 is 0 Å². The summed E-state index contributed by atoms with van der Waals surface area (Å²) >= 11 is 0. The van der Waals surface area contributed by atoms with Crippen molar-refractivity contribution in [3.8, 4) is 17.1 Å². The van der Waals surface area contributed by atoms with Gasteiger partial charge in [0.1, 0.15) is 5.69 Å². The Bertz CT molecular complexity index is 1400. The number of hydrogen-bond donors (Lipinski definition) is 0. The number of pyridine rings is 1. The molecule has 4 aromatic rings. The molecule has 2 atom stereocenters. The van der Waals surface area contributed by atoms with Crippen molar-refractivity contribution >= 4 is 17.2 Å². The number of rotatable bonds is 5. The second kappa shape index (κ2) is 10.2. The highest BCUT2D eigenvalue weighted by molar-refractivity contribution is 6.04. The van der Waals surface area contributed by atoms with Crippen LogP contribution in [-0.4, -0.2) is 56.2 Å². The van der Waals surface area contributed by atoms with E-state index in [1.165, 1.54) is 0 Å². The van der Waals surface area contributed by atoms with Crippen LogP contribution in [0, 0.1) is 5.92 Å². The Balaban J connectivity index is 1.50. The zero-order valence-corrected chi connectivity index (χ0v) is 21.3. The third-order valence-corrected chi connectivity index (χ3v) is 7.28. The number of aliphatic imine (C=N–C) groups is 1. The number of fused-ring (bicyclic) bond motifs is 1. The number of aryl methyl sites for hydroxylation is 1. The molecular weight excluding hydrogens is 462 g/mol. The van der Waals surface area contributed by atoms with Gasteiger partial charge in [0.05, 0.1) is 36.9 Å². The molecular formula is C29H31N7O. The van der Waals surface area contributed by atoms with Gasteiger partial charge in [0.25, 0.3) is 5.95 Å². The van der Waals surface area contributed by atoms with Crippen LogP contribution in [0.5, 0.6) is 0 Å². The summed E-state index contributed by atoms with van der Waals surface area (Å²) in [4.78, 5) is 22.0. The highest BCUT2D eigenvalue weighted by Gasteiger charge is 2.30. The molecule has 5 heterocycles. The topological polar surface area (TPSA) is 81.3 Å². The van der Waals surface area contributed by atoms with Crippen molar-refractivity contribution in [1.29, 1.82) is 0 Å². The van der Waals surface area contributed by atoms with Crippen LogP contribution in [0.2, 0.25) is 0 Å². The maximum atomic E-state index is 5.75. The zero-order valence-electron chi connectivity index (χ0n) is 21.3. The minimum atomic E-state index is 0.183. The van der Waals surface area contributed by atoms with Gasteiger partial charge in [-0.3, -0.25) is 4.98 Å². The first-order valence-electron chi connectivity index (χ1n) is 13.1. The normalized spacial score (nSPS) is 19.7. The predicted molar refractivity (Wildman–Crippen MR) is 145 cm³/mol. The van der Waals surface area contributed by atoms with Crippen molar-refractivity contribution in [1.82, 2.24) is 24.7 Å². The van der Waals surface area contributed by atoms with Crippen LogP contribution in [0.4, 0.5) is 11.5 Å². The van der Waals surface area contributed by atoms with E-state index in [9.17, 15) is 0 Å². The van der Waals surface area contributed by atoms with Crippen LogP contribution in [0.25, 0.3) is 17.1 Å². The van der Waals surface area contributed by atoms with Crippen LogP contribution < -0.4 is 4.90 Å². The number of hydrogen-bond acceptors (Lipinski definition) is 7. The Morgan fingerprint density at radius 1 is 1.00 bits per heavy atom. The molecule has 0 amide bonds. The van der Waals surface area contributed by atoms with Crippen molar-refractivity contribution in [2.75, 3.05) is 24.7 Å². The molecule has 1 unspecified atom stereocenters. The first-order chi connectivity index (χ1) is 18.2. The van der Waals surface area contributed by atoms with E-state index in [2.05, 4.69) is 41.0 Å². The summed E-state index contributed by atoms with van der Waals surface area (Å²) in [5.41, 5.74) is 6.19. The Labute approximate surface area is 217 Å². The molecule has 0 radical (unpaired) electrons. The lowest BCUT2D eigenvalue weighted by atomic mass is 9.91. The zero-order chi connectivity index (χ0) is 25.2. The van der Waals surface area contributed by atoms with Crippen molar-refractivity contribution < 1.29 is 4.74 Å². The van der Waals surface area contributed by atoms with Gasteiger partial charge in [0, 0.05) is 36.6 Å². The lowest BCUT2D eigenvalue weighted by Crippen LogP contribution is -2.44. The quantitative estimate of drug-likeness (QED) is 0.387. The maximum Gasteiger partial charge on any atom is 0.252 e. The van der Waals surface area contributed by atoms with Crippen LogP contribution in [0.1, 0.15) is 37.9 Å². The summed E-state index contributed by atoms with van der Waals surface area (Å²) < 4.78 is 7.53. The fourth-order valence-electron chi connectivity index (χ4n) is 5.20. The molecule has 1 fully saturated rings. The molecule has 2 aliphatic rings. The van der Waals surface area contributed by atoms with Crippen LogP contribution >= 0.6 is 0 Å². The lowest BCUT2D eigenvalue weighted by molar-refractivity contribution is 0.0985. The summed E-state index contributed by atoms with van der Waals surface area (Å²) in [5, 5.41) is 4.64. The van der Waals surface area contributed by atoms with Crippen molar-refractivity contribution in [2.24, 2.45) is 10.9 Å². The van der Waals surface area contributed by atoms with Gasteiger partial charge in [-0.1, -0.05) is 37.3 Å². The largest absolute Gasteiger partial charge is 0.377 e. The first kappa shape index (κ1) is 23.5. The smallest absolute Gasteiger partial charge is 0.252 e. The third-order valence-electron chi connectivity index (χ3n) is 7.28. The Hall–Kier alpha value is -3.91. The minimum Gasteiger partial charge on any atom is -0.377 e. The number of nitrogens with zero attached hydrogens (tertiary/aromatic N) is 7. The molecule has 0 aliphatic carbocycles. The van der Waals surface area contributed by atoms with Gasteiger partial charge in [-0.25, -0.2) is 14.7 Å². The van der Waals surface area contributed by atoms with E-state index in [-0.39, 0.29) is 6.04 Å². The monoisotopic (exact) mass is 493 g/mol. The van der Waals surface area contributed by atoms with E-state index in [0.717, 1.165) is 65.4 Å². The van der Waals surface area contributed by atoms with E-state index in [4.69, 9.17) is 19.7 Å². The molecule has 8 heteroatoms. The van der Waals surface area contributed by atoms with E-state index in [1.54, 1.807) is 4.68 Å². The minimum absolute atomic E-state index is 0.183. The summed E-state index contributed by atoms with van der Waals surface area (Å²) in [6.45, 7) is 6.49. The number of aromatic nitrogens is 5. The summed E-state index contributed by atoms with van der Waals surface area (Å²) in [7, 11) is 0. The molecule has 0 spiro atoms. The van der Waals surface area contributed by atoms with E-state index in [0.29, 0.717) is 25.1 Å². The van der Waals surface area contributed by atoms with Gasteiger partial charge in [-0.2, -0.15) is 10.1 Å². The van der Waals surface area contributed by atoms with Crippen molar-refractivity contribution in [3.63, 3.8) is 0 Å². The molecule has 2 aliphatic heterocycles. The van der Waals surface area contributed by atoms with E-state index >= 15 is 0 Å². The highest BCUT2D eigenvalue weighted by atomic mass is 16.5. The molecule has 1 aromatic carbocycles. The van der Waals surface area contributed by atoms with Crippen LogP contribution in [0.15, 0.2) is 72.2 Å². The maximum absolute atomic E-state index is 5.75. The number of benzene rings is 1. The Kier molecular flexibility index (Phi) is 6.49. The number of morpholine rings is 1. The summed E-state index contributed by atoms with van der Waals surface area (Å²) in [5.74, 6) is 1.77. The van der Waals surface area contributed by atoms with Crippen LogP contribution in [0.3, 0.4) is 0 Å². The van der Waals surface area contributed by atoms with Gasteiger partial charge in [-0.15, -0.1) is 0 Å². The SMILES string of the molecule is CCC1CCc2nc(-n3cc(-c4ccccc4)cn3)nc(N3CCOC[C@@H]3C)c2N=C1c1ccncc1. The second-order valence-electron chi connectivity index (χ2n) is 9.68. The summed E-state index contributed by atoms with van der Waals surface area (Å²) in [6, 6.07) is 14.5. The number of ether oxygens (including phenoxy) is 1. The molecule has 8 nitrogen and oxygen atoms in total. The standard InChI is InChI=1S/C29H31N7O/c1-3-21-9-10-25-27(33-26(21)23-11-13-30-14-12-23)28(35-15-16-37-19-20(35)2)34-29(32-25)36-18-24(17-31-36)22-7-5-4-6-8-22/h4-8,11-14,17-18,20-21H,3,9-10,15-16,19H2,1-2H3/t20-,21?/m0/s1. The molecule has 0 bridgehead atoms. The van der Waals surface area contributed by atoms with Crippen LogP contribution in [-0.2, 0) is 11.2 Å². The molecule has 6 rings (SSSR count). The fraction of sp³-hybridized carbons (Fsp3) is 0.345. The van der Waals surface area contributed by atoms with Crippen molar-refractivity contribution in [2.45, 2.75) is 39.2 Å². The second-order valence-corrected chi connectivity index (χ2v) is 9.68. The molecule has 0 saturated carbocycles. The molecule has 0 N–H and O–H groups in total. The molecule has 188 valence electrons. The van der Waals surface area contributed by atoms with Gasteiger partial charge < -0.3 is 9.64 Å². The highest BCUT2D eigenvalue weighted by Crippen LogP contribution is 2.38. The van der Waals surface area contributed by atoms with Gasteiger partial charge in [0.15, 0.2) is 5.82 Å². The first-order valence-corrected chi connectivity index (χ1v) is 13.1. The Morgan fingerprint density at radius 2 is 1.84 bits per heavy atom. The Morgan fingerprint density at radius 3 is 2.62 bits per heavy atom. The summed E-state index contributed by atoms with van der Waals surface area (Å²) in [6.07, 6.45) is 10.4. The van der Waals surface area contributed by atoms with E-state index < -0.39 is 0 Å². The fourth-order valence-corrected chi connectivity index (χ4v) is 5.20. The average Bonchev–Trinajstić information content (AvgIpc) is 3.37. The van der Waals surface area contributed by atoms with Gasteiger partial charge in [-0.05, 0) is 49.4 Å². The molecule has 3 aromatic heterocycles. The third kappa shape index (κ3) is 4.64. The lowest BCUT2D eigenvalue weighted by Gasteiger charge is -2.35. The van der Waals surface area contributed by atoms with E-state index in [1.807, 2.05) is 55.1 Å². The van der Waals surface area contributed by atoms with Gasteiger partial charge in [0.2, 0.25) is 0 Å².